The number of carbonyl (C=O) groups excluding carboxylic acids is 1. The third-order valence-electron chi connectivity index (χ3n) is 4.25. The summed E-state index contributed by atoms with van der Waals surface area (Å²) in [7, 11) is 0. The fourth-order valence-corrected chi connectivity index (χ4v) is 3.13. The number of hydrogen-bond acceptors (Lipinski definition) is 3. The summed E-state index contributed by atoms with van der Waals surface area (Å²) in [6.07, 6.45) is 0.776. The van der Waals surface area contributed by atoms with Gasteiger partial charge in [0.2, 0.25) is 5.91 Å². The minimum absolute atomic E-state index is 0.0452. The number of rotatable bonds is 6. The fraction of sp³-hybridized carbons (Fsp3) is 0.300. The van der Waals surface area contributed by atoms with E-state index in [0.29, 0.717) is 31.0 Å². The van der Waals surface area contributed by atoms with Gasteiger partial charge in [0.1, 0.15) is 5.82 Å². The van der Waals surface area contributed by atoms with E-state index in [-0.39, 0.29) is 17.8 Å². The van der Waals surface area contributed by atoms with E-state index in [1.54, 1.807) is 23.1 Å². The van der Waals surface area contributed by atoms with Crippen LogP contribution >= 0.6 is 11.6 Å². The molecule has 26 heavy (non-hydrogen) atoms. The van der Waals surface area contributed by atoms with Gasteiger partial charge < -0.3 is 9.74 Å². The van der Waals surface area contributed by atoms with Crippen molar-refractivity contribution in [2.24, 2.45) is 5.16 Å². The first-order valence-corrected chi connectivity index (χ1v) is 8.93. The quantitative estimate of drug-likeness (QED) is 0.751. The monoisotopic (exact) mass is 374 g/mol. The lowest BCUT2D eigenvalue weighted by molar-refractivity contribution is -0.133. The number of carbonyl (C=O) groups is 1. The SMILES string of the molecule is CCC(=O)N(Cc1cccc(Cl)c1)CC1CC(c2ccc(F)cc2)=NO1. The van der Waals surface area contributed by atoms with Gasteiger partial charge in [-0.15, -0.1) is 0 Å². The van der Waals surface area contributed by atoms with E-state index in [0.717, 1.165) is 16.8 Å². The normalized spacial score (nSPS) is 16.1. The Labute approximate surface area is 157 Å². The number of nitrogens with zero attached hydrogens (tertiary/aromatic N) is 2. The highest BCUT2D eigenvalue weighted by Gasteiger charge is 2.26. The first kappa shape index (κ1) is 18.4. The molecule has 2 aromatic carbocycles. The van der Waals surface area contributed by atoms with Crippen LogP contribution < -0.4 is 0 Å². The van der Waals surface area contributed by atoms with Gasteiger partial charge in [0.15, 0.2) is 6.10 Å². The molecule has 0 aromatic heterocycles. The van der Waals surface area contributed by atoms with E-state index < -0.39 is 0 Å². The largest absolute Gasteiger partial charge is 0.390 e. The predicted octanol–water partition coefficient (Wildman–Crippen LogP) is 4.41. The first-order chi connectivity index (χ1) is 12.5. The van der Waals surface area contributed by atoms with Crippen molar-refractivity contribution in [3.63, 3.8) is 0 Å². The molecule has 1 aliphatic heterocycles. The summed E-state index contributed by atoms with van der Waals surface area (Å²) >= 11 is 6.04. The van der Waals surface area contributed by atoms with Crippen LogP contribution in [0.25, 0.3) is 0 Å². The lowest BCUT2D eigenvalue weighted by atomic mass is 10.0. The maximum absolute atomic E-state index is 13.1. The molecule has 3 rings (SSSR count). The zero-order valence-electron chi connectivity index (χ0n) is 14.5. The third-order valence-corrected chi connectivity index (χ3v) is 4.49. The van der Waals surface area contributed by atoms with Gasteiger partial charge in [-0.3, -0.25) is 4.79 Å². The zero-order valence-corrected chi connectivity index (χ0v) is 15.2. The highest BCUT2D eigenvalue weighted by atomic mass is 35.5. The van der Waals surface area contributed by atoms with E-state index in [1.807, 2.05) is 25.1 Å². The predicted molar refractivity (Wildman–Crippen MR) is 99.6 cm³/mol. The molecule has 0 spiro atoms. The molecule has 2 aromatic rings. The number of amides is 1. The van der Waals surface area contributed by atoms with E-state index in [1.165, 1.54) is 12.1 Å². The molecular weight excluding hydrogens is 355 g/mol. The highest BCUT2D eigenvalue weighted by molar-refractivity contribution is 6.30. The summed E-state index contributed by atoms with van der Waals surface area (Å²) in [5, 5.41) is 4.76. The molecule has 0 bridgehead atoms. The van der Waals surface area contributed by atoms with Gasteiger partial charge in [0.05, 0.1) is 12.3 Å². The minimum Gasteiger partial charge on any atom is -0.390 e. The Morgan fingerprint density at radius 1 is 1.31 bits per heavy atom. The van der Waals surface area contributed by atoms with Gasteiger partial charge >= 0.3 is 0 Å². The van der Waals surface area contributed by atoms with Crippen LogP contribution in [0.5, 0.6) is 0 Å². The summed E-state index contributed by atoms with van der Waals surface area (Å²) in [5.74, 6) is -0.241. The molecule has 1 amide bonds. The summed E-state index contributed by atoms with van der Waals surface area (Å²) in [6.45, 7) is 2.75. The molecule has 0 aliphatic carbocycles. The molecule has 0 saturated carbocycles. The molecule has 6 heteroatoms. The van der Waals surface area contributed by atoms with Crippen LogP contribution in [0.2, 0.25) is 5.02 Å². The Morgan fingerprint density at radius 3 is 2.77 bits per heavy atom. The molecule has 0 fully saturated rings. The Morgan fingerprint density at radius 2 is 2.08 bits per heavy atom. The van der Waals surface area contributed by atoms with Gasteiger partial charge in [-0.25, -0.2) is 4.39 Å². The molecule has 136 valence electrons. The van der Waals surface area contributed by atoms with Crippen LogP contribution in [0.1, 0.15) is 30.9 Å². The molecule has 4 nitrogen and oxygen atoms in total. The average Bonchev–Trinajstić information content (AvgIpc) is 3.10. The zero-order chi connectivity index (χ0) is 18.5. The molecule has 1 aliphatic rings. The summed E-state index contributed by atoms with van der Waals surface area (Å²) in [6, 6.07) is 13.6. The van der Waals surface area contributed by atoms with Crippen molar-refractivity contribution in [1.29, 1.82) is 0 Å². The Balaban J connectivity index is 1.65. The maximum Gasteiger partial charge on any atom is 0.222 e. The minimum atomic E-state index is -0.286. The van der Waals surface area contributed by atoms with Crippen molar-refractivity contribution in [3.8, 4) is 0 Å². The van der Waals surface area contributed by atoms with Crippen molar-refractivity contribution in [3.05, 3.63) is 70.5 Å². The van der Waals surface area contributed by atoms with Crippen LogP contribution in [0.4, 0.5) is 4.39 Å². The van der Waals surface area contributed by atoms with Gasteiger partial charge in [-0.2, -0.15) is 0 Å². The molecule has 0 radical (unpaired) electrons. The van der Waals surface area contributed by atoms with Gasteiger partial charge in [-0.05, 0) is 35.4 Å². The van der Waals surface area contributed by atoms with Crippen molar-refractivity contribution in [2.45, 2.75) is 32.4 Å². The van der Waals surface area contributed by atoms with Crippen molar-refractivity contribution < 1.29 is 14.0 Å². The Bertz CT molecular complexity index is 808. The Kier molecular flexibility index (Phi) is 5.89. The second kappa shape index (κ2) is 8.32. The molecular formula is C20H20ClFN2O2. The number of benzene rings is 2. The summed E-state index contributed by atoms with van der Waals surface area (Å²) < 4.78 is 13.1. The number of halogens is 2. The standard InChI is InChI=1S/C20H20ClFN2O2/c1-2-20(25)24(12-14-4-3-5-16(21)10-14)13-18-11-19(23-26-18)15-6-8-17(22)9-7-15/h3-10,18H,2,11-13H2,1H3. The van der Waals surface area contributed by atoms with Gasteiger partial charge in [-0.1, -0.05) is 47.9 Å². The van der Waals surface area contributed by atoms with E-state index in [9.17, 15) is 9.18 Å². The number of hydrogen-bond donors (Lipinski definition) is 0. The summed E-state index contributed by atoms with van der Waals surface area (Å²) in [5.41, 5.74) is 2.57. The van der Waals surface area contributed by atoms with Crippen molar-refractivity contribution in [2.75, 3.05) is 6.54 Å². The molecule has 1 atom stereocenters. The Hall–Kier alpha value is -2.40. The van der Waals surface area contributed by atoms with Crippen molar-refractivity contribution >= 4 is 23.2 Å². The second-order valence-corrected chi connectivity index (χ2v) is 6.67. The smallest absolute Gasteiger partial charge is 0.222 e. The van der Waals surface area contributed by atoms with Gasteiger partial charge in [0.25, 0.3) is 0 Å². The van der Waals surface area contributed by atoms with Crippen LogP contribution in [-0.2, 0) is 16.2 Å². The van der Waals surface area contributed by atoms with Crippen LogP contribution in [0.15, 0.2) is 53.7 Å². The molecule has 1 unspecified atom stereocenters. The van der Waals surface area contributed by atoms with Gasteiger partial charge in [0, 0.05) is 24.4 Å². The van der Waals surface area contributed by atoms with Crippen LogP contribution in [0.3, 0.4) is 0 Å². The third kappa shape index (κ3) is 4.61. The number of oxime groups is 1. The fourth-order valence-electron chi connectivity index (χ4n) is 2.92. The van der Waals surface area contributed by atoms with Crippen molar-refractivity contribution in [1.82, 2.24) is 4.90 Å². The second-order valence-electron chi connectivity index (χ2n) is 6.23. The lowest BCUT2D eigenvalue weighted by Crippen LogP contribution is -2.36. The van der Waals surface area contributed by atoms with Crippen LogP contribution in [0, 0.1) is 5.82 Å². The molecule has 0 N–H and O–H groups in total. The molecule has 0 saturated heterocycles. The average molecular weight is 375 g/mol. The van der Waals surface area contributed by atoms with E-state index >= 15 is 0 Å². The maximum atomic E-state index is 13.1. The lowest BCUT2D eigenvalue weighted by Gasteiger charge is -2.24. The van der Waals surface area contributed by atoms with Crippen LogP contribution in [-0.4, -0.2) is 29.2 Å². The highest BCUT2D eigenvalue weighted by Crippen LogP contribution is 2.20. The molecule has 1 heterocycles. The van der Waals surface area contributed by atoms with E-state index in [2.05, 4.69) is 5.16 Å². The summed E-state index contributed by atoms with van der Waals surface area (Å²) in [4.78, 5) is 19.6. The topological polar surface area (TPSA) is 41.9 Å². The first-order valence-electron chi connectivity index (χ1n) is 8.56. The van der Waals surface area contributed by atoms with E-state index in [4.69, 9.17) is 16.4 Å².